The maximum Gasteiger partial charge on any atom is 0.349 e. The molecule has 11 nitrogen and oxygen atoms in total. The van der Waals surface area contributed by atoms with Crippen molar-refractivity contribution < 1.29 is 27.8 Å². The van der Waals surface area contributed by atoms with Gasteiger partial charge in [0.25, 0.3) is 0 Å². The van der Waals surface area contributed by atoms with Crippen molar-refractivity contribution in [2.75, 3.05) is 32.1 Å². The second kappa shape index (κ2) is 12.0. The van der Waals surface area contributed by atoms with Crippen LogP contribution in [0.3, 0.4) is 0 Å². The summed E-state index contributed by atoms with van der Waals surface area (Å²) < 4.78 is 48.8. The lowest BCUT2D eigenvalue weighted by Crippen LogP contribution is -2.43. The highest BCUT2D eigenvalue weighted by molar-refractivity contribution is 6.03. The third-order valence-electron chi connectivity index (χ3n) is 9.90. The number of anilines is 1. The van der Waals surface area contributed by atoms with Gasteiger partial charge in [0, 0.05) is 47.7 Å². The molecule has 0 bridgehead atoms. The van der Waals surface area contributed by atoms with Gasteiger partial charge in [-0.05, 0) is 56.0 Å². The minimum absolute atomic E-state index is 0.0131. The molecule has 0 aliphatic carbocycles. The van der Waals surface area contributed by atoms with Gasteiger partial charge in [0.05, 0.1) is 35.4 Å². The molecule has 2 fully saturated rings. The number of pyridine rings is 1. The van der Waals surface area contributed by atoms with Crippen molar-refractivity contribution in [1.82, 2.24) is 24.5 Å². The summed E-state index contributed by atoms with van der Waals surface area (Å²) in [7, 11) is 1.56. The molecule has 8 rings (SSSR count). The Kier molecular flexibility index (Phi) is 7.56. The zero-order valence-corrected chi connectivity index (χ0v) is 27.3. The number of hydrogen-bond acceptors (Lipinski definition) is 10. The van der Waals surface area contributed by atoms with Crippen LogP contribution in [0.4, 0.5) is 14.6 Å². The molecule has 2 aromatic carbocycles. The molecule has 0 saturated carbocycles. The van der Waals surface area contributed by atoms with E-state index in [0.717, 1.165) is 30.5 Å². The number of phenols is 1. The number of aryl methyl sites for hydroxylation is 1. The van der Waals surface area contributed by atoms with Gasteiger partial charge in [-0.15, -0.1) is 6.42 Å². The highest BCUT2D eigenvalue weighted by Gasteiger charge is 2.49. The number of ether oxygens (including phenoxy) is 2. The maximum absolute atomic E-state index is 14.9. The van der Waals surface area contributed by atoms with Crippen molar-refractivity contribution in [3.8, 4) is 41.3 Å². The van der Waals surface area contributed by atoms with Crippen LogP contribution in [0.25, 0.3) is 38.5 Å². The van der Waals surface area contributed by atoms with E-state index in [0.29, 0.717) is 35.2 Å². The Hall–Kier alpha value is -5.74. The van der Waals surface area contributed by atoms with E-state index in [4.69, 9.17) is 25.3 Å². The van der Waals surface area contributed by atoms with Gasteiger partial charge in [0.1, 0.15) is 41.3 Å². The number of methoxy groups -OCH3 is 1. The zero-order valence-electron chi connectivity index (χ0n) is 27.3. The summed E-state index contributed by atoms with van der Waals surface area (Å²) in [6, 6.07) is 11.1. The number of halogens is 2. The van der Waals surface area contributed by atoms with Gasteiger partial charge in [-0.1, -0.05) is 18.1 Å². The SMILES string of the molecule is C#Cc1c(F)ccc2cc(O)cc(-c3oc(=O)c4c(NCc5cnn6c(OC)cccc56)nc(OC[C@@]56CCCN5C[C@H](F)C6)nc4c3C)c12. The van der Waals surface area contributed by atoms with Gasteiger partial charge in [-0.3, -0.25) is 4.90 Å². The molecule has 0 spiro atoms. The first kappa shape index (κ1) is 31.5. The molecule has 2 aliphatic rings. The molecule has 50 heavy (non-hydrogen) atoms. The van der Waals surface area contributed by atoms with E-state index < -0.39 is 23.2 Å². The summed E-state index contributed by atoms with van der Waals surface area (Å²) in [6.07, 6.45) is 8.55. The van der Waals surface area contributed by atoms with Crippen LogP contribution in [-0.2, 0) is 6.54 Å². The first-order valence-electron chi connectivity index (χ1n) is 16.2. The van der Waals surface area contributed by atoms with Crippen LogP contribution in [-0.4, -0.2) is 68.1 Å². The molecule has 13 heteroatoms. The molecular formula is C37H32F2N6O5. The summed E-state index contributed by atoms with van der Waals surface area (Å²) in [4.78, 5) is 25.4. The van der Waals surface area contributed by atoms with Gasteiger partial charge in [-0.2, -0.15) is 15.1 Å². The van der Waals surface area contributed by atoms with Gasteiger partial charge in [0.15, 0.2) is 0 Å². The summed E-state index contributed by atoms with van der Waals surface area (Å²) in [6.45, 7) is 3.24. The predicted octanol–water partition coefficient (Wildman–Crippen LogP) is 5.76. The number of fused-ring (bicyclic) bond motifs is 4. The topological polar surface area (TPSA) is 127 Å². The summed E-state index contributed by atoms with van der Waals surface area (Å²) in [5, 5.41) is 19.1. The van der Waals surface area contributed by atoms with Crippen LogP contribution in [0.2, 0.25) is 0 Å². The average Bonchev–Trinajstić information content (AvgIpc) is 3.79. The van der Waals surface area contributed by atoms with E-state index >= 15 is 0 Å². The van der Waals surface area contributed by atoms with Crippen molar-refractivity contribution in [1.29, 1.82) is 0 Å². The number of rotatable bonds is 8. The van der Waals surface area contributed by atoms with Crippen molar-refractivity contribution in [3.05, 3.63) is 81.6 Å². The quantitative estimate of drug-likeness (QED) is 0.192. The Morgan fingerprint density at radius 2 is 2.08 bits per heavy atom. The van der Waals surface area contributed by atoms with Crippen LogP contribution in [0.1, 0.15) is 36.0 Å². The molecule has 4 aromatic heterocycles. The van der Waals surface area contributed by atoms with Crippen molar-refractivity contribution >= 4 is 33.0 Å². The van der Waals surface area contributed by atoms with Crippen molar-refractivity contribution in [2.24, 2.45) is 0 Å². The van der Waals surface area contributed by atoms with E-state index in [9.17, 15) is 18.7 Å². The molecule has 6 heterocycles. The molecular weight excluding hydrogens is 646 g/mol. The van der Waals surface area contributed by atoms with Crippen LogP contribution < -0.4 is 20.4 Å². The van der Waals surface area contributed by atoms with E-state index in [-0.39, 0.29) is 58.5 Å². The number of phenolic OH excluding ortho intramolecular Hbond substituents is 1. The fourth-order valence-corrected chi connectivity index (χ4v) is 7.58. The summed E-state index contributed by atoms with van der Waals surface area (Å²) in [5.74, 6) is 2.38. The Morgan fingerprint density at radius 1 is 1.22 bits per heavy atom. The lowest BCUT2D eigenvalue weighted by molar-refractivity contribution is 0.107. The molecule has 6 aromatic rings. The van der Waals surface area contributed by atoms with Crippen LogP contribution in [0.5, 0.6) is 17.6 Å². The Balaban J connectivity index is 1.27. The largest absolute Gasteiger partial charge is 0.508 e. The number of hydrogen-bond donors (Lipinski definition) is 2. The van der Waals surface area contributed by atoms with Gasteiger partial charge >= 0.3 is 11.6 Å². The van der Waals surface area contributed by atoms with E-state index in [1.807, 2.05) is 12.1 Å². The van der Waals surface area contributed by atoms with Gasteiger partial charge in [0.2, 0.25) is 5.88 Å². The Bertz CT molecular complexity index is 2440. The maximum atomic E-state index is 14.9. The van der Waals surface area contributed by atoms with E-state index in [1.165, 1.54) is 24.3 Å². The van der Waals surface area contributed by atoms with Crippen molar-refractivity contribution in [3.63, 3.8) is 0 Å². The minimum atomic E-state index is -0.942. The smallest absolute Gasteiger partial charge is 0.349 e. The third kappa shape index (κ3) is 5.06. The monoisotopic (exact) mass is 678 g/mol. The van der Waals surface area contributed by atoms with Crippen molar-refractivity contribution in [2.45, 2.75) is 44.4 Å². The van der Waals surface area contributed by atoms with Gasteiger partial charge in [-0.25, -0.2) is 18.1 Å². The zero-order chi connectivity index (χ0) is 34.7. The van der Waals surface area contributed by atoms with E-state index in [1.54, 1.807) is 30.8 Å². The average molecular weight is 679 g/mol. The highest BCUT2D eigenvalue weighted by atomic mass is 19.1. The Labute approximate surface area is 284 Å². The third-order valence-corrected chi connectivity index (χ3v) is 9.90. The molecule has 0 amide bonds. The first-order chi connectivity index (χ1) is 24.2. The number of terminal acetylenes is 1. The fraction of sp³-hybridized carbons (Fsp3) is 0.297. The molecule has 2 atom stereocenters. The van der Waals surface area contributed by atoms with E-state index in [2.05, 4.69) is 26.2 Å². The molecule has 2 saturated heterocycles. The van der Waals surface area contributed by atoms with Crippen LogP contribution >= 0.6 is 0 Å². The second-order valence-electron chi connectivity index (χ2n) is 12.8. The molecule has 254 valence electrons. The van der Waals surface area contributed by atoms with Crippen LogP contribution in [0, 0.1) is 25.1 Å². The number of nitrogens with zero attached hydrogens (tertiary/aromatic N) is 5. The lowest BCUT2D eigenvalue weighted by Gasteiger charge is -2.30. The highest BCUT2D eigenvalue weighted by Crippen LogP contribution is 2.41. The lowest BCUT2D eigenvalue weighted by atomic mass is 9.95. The Morgan fingerprint density at radius 3 is 2.90 bits per heavy atom. The normalized spacial score (nSPS) is 18.9. The van der Waals surface area contributed by atoms with Crippen LogP contribution in [0.15, 0.2) is 57.9 Å². The summed E-state index contributed by atoms with van der Waals surface area (Å²) in [5.41, 5.74) is 1.15. The summed E-state index contributed by atoms with van der Waals surface area (Å²) >= 11 is 0. The number of aromatic hydroxyl groups is 1. The fourth-order valence-electron chi connectivity index (χ4n) is 7.58. The molecule has 0 unspecified atom stereocenters. The molecule has 2 N–H and O–H groups in total. The number of aromatic nitrogens is 4. The number of alkyl halides is 1. The number of nitrogens with one attached hydrogen (secondary N) is 1. The minimum Gasteiger partial charge on any atom is -0.508 e. The second-order valence-corrected chi connectivity index (χ2v) is 12.8. The van der Waals surface area contributed by atoms with Gasteiger partial charge < -0.3 is 24.3 Å². The molecule has 2 aliphatic heterocycles. The first-order valence-corrected chi connectivity index (χ1v) is 16.2. The molecule has 0 radical (unpaired) electrons. The standard InChI is InChI=1S/C37H32F2N6O5/c1-4-25-27(39)10-9-21-13-24(46)14-26(30(21)25)33-20(2)32-31(35(47)50-33)34(40-16-22-17-41-45-28(22)7-5-8-29(45)48-3)43-36(42-32)49-19-37-11-6-12-44(37)18-23(38)15-37/h1,5,7-10,13-14,17,23,46H,6,11-12,15-16,18-19H2,2-3H3,(H,40,42,43)/t23-,37+/m1/s1. The predicted molar refractivity (Wildman–Crippen MR) is 183 cm³/mol. The number of benzene rings is 2.